The summed E-state index contributed by atoms with van der Waals surface area (Å²) in [7, 11) is 0. The maximum atomic E-state index is 12.4. The third kappa shape index (κ3) is 6.36. The van der Waals surface area contributed by atoms with Crippen LogP contribution >= 0.6 is 12.4 Å². The lowest BCUT2D eigenvalue weighted by Crippen LogP contribution is -2.34. The number of nitrogens with one attached hydrogen (secondary N) is 2. The Morgan fingerprint density at radius 2 is 1.71 bits per heavy atom. The number of amides is 2. The van der Waals surface area contributed by atoms with Gasteiger partial charge in [-0.1, -0.05) is 36.8 Å². The number of carbonyl (C=O) groups is 2. The number of hydrogen-bond acceptors (Lipinski definition) is 3. The summed E-state index contributed by atoms with van der Waals surface area (Å²) in [5.41, 5.74) is 8.45. The van der Waals surface area contributed by atoms with Crippen LogP contribution < -0.4 is 16.4 Å². The molecule has 2 amide bonds. The molecule has 150 valence electrons. The summed E-state index contributed by atoms with van der Waals surface area (Å²) in [6.45, 7) is 0.587. The van der Waals surface area contributed by atoms with E-state index in [2.05, 4.69) is 10.6 Å². The van der Waals surface area contributed by atoms with E-state index in [4.69, 9.17) is 5.73 Å². The van der Waals surface area contributed by atoms with E-state index < -0.39 is 0 Å². The molecule has 2 aromatic rings. The molecule has 0 spiro atoms. The minimum absolute atomic E-state index is 0. The van der Waals surface area contributed by atoms with Crippen molar-refractivity contribution in [1.29, 1.82) is 0 Å². The summed E-state index contributed by atoms with van der Waals surface area (Å²) in [5, 5.41) is 5.86. The molecule has 2 atom stereocenters. The minimum Gasteiger partial charge on any atom is -0.352 e. The van der Waals surface area contributed by atoms with Gasteiger partial charge in [0.2, 0.25) is 5.91 Å². The Morgan fingerprint density at radius 3 is 2.39 bits per heavy atom. The molecule has 0 saturated heterocycles. The molecule has 0 bridgehead atoms. The first-order chi connectivity index (χ1) is 13.1. The molecule has 0 aliphatic heterocycles. The van der Waals surface area contributed by atoms with Gasteiger partial charge in [-0.05, 0) is 55.5 Å². The molecule has 6 heteroatoms. The van der Waals surface area contributed by atoms with Crippen molar-refractivity contribution in [1.82, 2.24) is 5.32 Å². The number of carbonyl (C=O) groups excluding carboxylic acids is 2. The van der Waals surface area contributed by atoms with Gasteiger partial charge in [-0.2, -0.15) is 0 Å². The van der Waals surface area contributed by atoms with Crippen molar-refractivity contribution < 1.29 is 9.59 Å². The number of rotatable bonds is 6. The first kappa shape index (κ1) is 21.9. The van der Waals surface area contributed by atoms with Gasteiger partial charge in [-0.3, -0.25) is 9.59 Å². The Hall–Kier alpha value is -2.37. The van der Waals surface area contributed by atoms with Crippen molar-refractivity contribution >= 4 is 29.9 Å². The Kier molecular flexibility index (Phi) is 8.48. The molecule has 2 unspecified atom stereocenters. The van der Waals surface area contributed by atoms with Gasteiger partial charge in [0.25, 0.3) is 5.91 Å². The van der Waals surface area contributed by atoms with Crippen LogP contribution in [-0.4, -0.2) is 24.4 Å². The number of hydrogen-bond donors (Lipinski definition) is 3. The van der Waals surface area contributed by atoms with E-state index in [0.717, 1.165) is 32.1 Å². The van der Waals surface area contributed by atoms with Crippen LogP contribution in [0.5, 0.6) is 0 Å². The second kappa shape index (κ2) is 10.8. The molecule has 0 aromatic heterocycles. The molecule has 4 N–H and O–H groups in total. The molecule has 28 heavy (non-hydrogen) atoms. The zero-order valence-electron chi connectivity index (χ0n) is 15.9. The van der Waals surface area contributed by atoms with Crippen LogP contribution in [0.4, 0.5) is 5.69 Å². The second-order valence-electron chi connectivity index (χ2n) is 7.18. The zero-order valence-corrected chi connectivity index (χ0v) is 16.7. The second-order valence-corrected chi connectivity index (χ2v) is 7.18. The number of nitrogens with two attached hydrogens (primary N) is 1. The highest BCUT2D eigenvalue weighted by Gasteiger charge is 2.25. The molecule has 0 radical (unpaired) electrons. The van der Waals surface area contributed by atoms with E-state index in [-0.39, 0.29) is 36.2 Å². The van der Waals surface area contributed by atoms with Crippen LogP contribution in [0.2, 0.25) is 0 Å². The van der Waals surface area contributed by atoms with E-state index in [1.54, 1.807) is 24.3 Å². The van der Waals surface area contributed by atoms with Gasteiger partial charge in [-0.15, -0.1) is 12.4 Å². The van der Waals surface area contributed by atoms with E-state index in [1.165, 1.54) is 5.56 Å². The van der Waals surface area contributed by atoms with E-state index in [9.17, 15) is 9.59 Å². The monoisotopic (exact) mass is 401 g/mol. The van der Waals surface area contributed by atoms with Gasteiger partial charge >= 0.3 is 0 Å². The van der Waals surface area contributed by atoms with Gasteiger partial charge in [0.05, 0.1) is 0 Å². The number of benzene rings is 2. The lowest BCUT2D eigenvalue weighted by molar-refractivity contribution is -0.120. The summed E-state index contributed by atoms with van der Waals surface area (Å²) in [4.78, 5) is 24.6. The summed E-state index contributed by atoms with van der Waals surface area (Å²) in [6, 6.07) is 17.2. The summed E-state index contributed by atoms with van der Waals surface area (Å²) in [6.07, 6.45) is 4.43. The van der Waals surface area contributed by atoms with Crippen molar-refractivity contribution in [3.63, 3.8) is 0 Å². The fourth-order valence-corrected chi connectivity index (χ4v) is 3.48. The standard InChI is InChI=1S/C22H27N3O2.ClH/c23-19-8-4-7-18(15-19)22(27)25-20-11-9-17(10-12-20)21(26)24-14-13-16-5-2-1-3-6-16;/h1-3,5-6,9-12,18-19H,4,7-8,13-15,23H2,(H,24,26)(H,25,27);1H. The first-order valence-electron chi connectivity index (χ1n) is 9.60. The zero-order chi connectivity index (χ0) is 19.1. The molecule has 1 aliphatic rings. The molecule has 3 rings (SSSR count). The van der Waals surface area contributed by atoms with Crippen molar-refractivity contribution in [2.24, 2.45) is 11.7 Å². The number of halogens is 1. The lowest BCUT2D eigenvalue weighted by atomic mass is 9.85. The molecule has 0 heterocycles. The predicted molar refractivity (Wildman–Crippen MR) is 115 cm³/mol. The summed E-state index contributed by atoms with van der Waals surface area (Å²) >= 11 is 0. The molecular weight excluding hydrogens is 374 g/mol. The van der Waals surface area contributed by atoms with Gasteiger partial charge < -0.3 is 16.4 Å². The average Bonchev–Trinajstić information content (AvgIpc) is 2.69. The summed E-state index contributed by atoms with van der Waals surface area (Å²) < 4.78 is 0. The highest BCUT2D eigenvalue weighted by molar-refractivity contribution is 5.96. The molecular formula is C22H28ClN3O2. The van der Waals surface area contributed by atoms with Crippen molar-refractivity contribution in [2.75, 3.05) is 11.9 Å². The van der Waals surface area contributed by atoms with Crippen molar-refractivity contribution in [3.8, 4) is 0 Å². The topological polar surface area (TPSA) is 84.2 Å². The van der Waals surface area contributed by atoms with Crippen molar-refractivity contribution in [2.45, 2.75) is 38.1 Å². The van der Waals surface area contributed by atoms with Gasteiger partial charge in [0.15, 0.2) is 0 Å². The molecule has 1 saturated carbocycles. The predicted octanol–water partition coefficient (Wildman–Crippen LogP) is 3.54. The highest BCUT2D eigenvalue weighted by atomic mass is 35.5. The quantitative estimate of drug-likeness (QED) is 0.692. The maximum Gasteiger partial charge on any atom is 0.251 e. The van der Waals surface area contributed by atoms with E-state index in [0.29, 0.717) is 17.8 Å². The van der Waals surface area contributed by atoms with Gasteiger partial charge in [0, 0.05) is 29.8 Å². The Bertz CT molecular complexity index is 765. The highest BCUT2D eigenvalue weighted by Crippen LogP contribution is 2.24. The third-order valence-corrected chi connectivity index (χ3v) is 5.04. The maximum absolute atomic E-state index is 12.4. The van der Waals surface area contributed by atoms with Crippen LogP contribution in [0, 0.1) is 5.92 Å². The molecule has 1 aliphatic carbocycles. The normalized spacial score (nSPS) is 18.6. The number of anilines is 1. The fraction of sp³-hybridized carbons (Fsp3) is 0.364. The minimum atomic E-state index is -0.109. The van der Waals surface area contributed by atoms with Crippen LogP contribution in [0.3, 0.4) is 0 Å². The van der Waals surface area contributed by atoms with Crippen LogP contribution in [0.25, 0.3) is 0 Å². The lowest BCUT2D eigenvalue weighted by Gasteiger charge is -2.25. The molecule has 2 aromatic carbocycles. The Balaban J connectivity index is 0.00000280. The smallest absolute Gasteiger partial charge is 0.251 e. The Labute approximate surface area is 172 Å². The van der Waals surface area contributed by atoms with Crippen LogP contribution in [-0.2, 0) is 11.2 Å². The van der Waals surface area contributed by atoms with Gasteiger partial charge in [-0.25, -0.2) is 0 Å². The largest absolute Gasteiger partial charge is 0.352 e. The van der Waals surface area contributed by atoms with Crippen LogP contribution in [0.1, 0.15) is 41.6 Å². The molecule has 5 nitrogen and oxygen atoms in total. The average molecular weight is 402 g/mol. The summed E-state index contributed by atoms with van der Waals surface area (Å²) in [5.74, 6) is -0.109. The fourth-order valence-electron chi connectivity index (χ4n) is 3.48. The van der Waals surface area contributed by atoms with E-state index in [1.807, 2.05) is 30.3 Å². The SMILES string of the molecule is Cl.NC1CCCC(C(=O)Nc2ccc(C(=O)NCCc3ccccc3)cc2)C1. The Morgan fingerprint density at radius 1 is 1.00 bits per heavy atom. The van der Waals surface area contributed by atoms with Crippen molar-refractivity contribution in [3.05, 3.63) is 65.7 Å². The van der Waals surface area contributed by atoms with Crippen LogP contribution in [0.15, 0.2) is 54.6 Å². The van der Waals surface area contributed by atoms with E-state index >= 15 is 0 Å². The van der Waals surface area contributed by atoms with Gasteiger partial charge in [0.1, 0.15) is 0 Å². The molecule has 1 fully saturated rings. The first-order valence-corrected chi connectivity index (χ1v) is 9.60. The third-order valence-electron chi connectivity index (χ3n) is 5.04.